The number of fused-ring (bicyclic) bond motifs is 1. The fourth-order valence-electron chi connectivity index (χ4n) is 3.36. The largest absolute Gasteiger partial charge is 0.467 e. The number of aliphatic hydroxyl groups is 3. The summed E-state index contributed by atoms with van der Waals surface area (Å²) in [5.74, 6) is -0.831. The molecule has 6 nitrogen and oxygen atoms in total. The van der Waals surface area contributed by atoms with Gasteiger partial charge in [0.05, 0.1) is 30.5 Å². The van der Waals surface area contributed by atoms with E-state index >= 15 is 0 Å². The van der Waals surface area contributed by atoms with Crippen LogP contribution in [0.1, 0.15) is 69.2 Å². The monoisotopic (exact) mass is 415 g/mol. The number of methoxy groups -OCH3 is 1. The van der Waals surface area contributed by atoms with E-state index in [0.29, 0.717) is 25.0 Å². The fraction of sp³-hybridized carbons (Fsp3) is 0.500. The summed E-state index contributed by atoms with van der Waals surface area (Å²) in [6, 6.07) is 9.87. The third-order valence-electron chi connectivity index (χ3n) is 5.16. The molecule has 0 saturated carbocycles. The molecule has 3 N–H and O–H groups in total. The molecule has 0 bridgehead atoms. The van der Waals surface area contributed by atoms with Gasteiger partial charge in [0.1, 0.15) is 0 Å². The van der Waals surface area contributed by atoms with Crippen LogP contribution in [0, 0.1) is 0 Å². The van der Waals surface area contributed by atoms with E-state index in [-0.39, 0.29) is 6.42 Å². The van der Waals surface area contributed by atoms with Gasteiger partial charge in [-0.15, -0.1) is 0 Å². The summed E-state index contributed by atoms with van der Waals surface area (Å²) < 4.78 is 4.43. The number of carbonyl (C=O) groups excluding carboxylic acids is 1. The molecule has 2 rings (SSSR count). The highest BCUT2D eigenvalue weighted by molar-refractivity contribution is 5.81. The van der Waals surface area contributed by atoms with Crippen molar-refractivity contribution in [1.29, 1.82) is 0 Å². The van der Waals surface area contributed by atoms with Crippen molar-refractivity contribution in [2.24, 2.45) is 0 Å². The lowest BCUT2D eigenvalue weighted by Crippen LogP contribution is -2.34. The van der Waals surface area contributed by atoms with Crippen molar-refractivity contribution in [1.82, 2.24) is 4.98 Å². The van der Waals surface area contributed by atoms with Crippen LogP contribution < -0.4 is 0 Å². The van der Waals surface area contributed by atoms with Crippen LogP contribution in [0.5, 0.6) is 0 Å². The molecule has 0 aliphatic heterocycles. The van der Waals surface area contributed by atoms with Crippen molar-refractivity contribution in [3.05, 3.63) is 47.7 Å². The van der Waals surface area contributed by atoms with Gasteiger partial charge in [-0.25, -0.2) is 9.78 Å². The summed E-state index contributed by atoms with van der Waals surface area (Å²) in [4.78, 5) is 16.0. The van der Waals surface area contributed by atoms with Gasteiger partial charge in [0.15, 0.2) is 6.10 Å². The normalized spacial score (nSPS) is 14.7. The summed E-state index contributed by atoms with van der Waals surface area (Å²) in [6.45, 7) is 2.13. The minimum Gasteiger partial charge on any atom is -0.467 e. The van der Waals surface area contributed by atoms with E-state index in [4.69, 9.17) is 4.98 Å². The lowest BCUT2D eigenvalue weighted by molar-refractivity contribution is -0.156. The zero-order valence-corrected chi connectivity index (χ0v) is 17.8. The fourth-order valence-corrected chi connectivity index (χ4v) is 3.36. The third-order valence-corrected chi connectivity index (χ3v) is 5.16. The maximum Gasteiger partial charge on any atom is 0.337 e. The molecule has 2 unspecified atom stereocenters. The number of esters is 1. The summed E-state index contributed by atoms with van der Waals surface area (Å²) in [5, 5.41) is 31.2. The molecule has 0 aliphatic carbocycles. The van der Waals surface area contributed by atoms with Gasteiger partial charge in [-0.2, -0.15) is 0 Å². The van der Waals surface area contributed by atoms with E-state index in [0.717, 1.165) is 35.7 Å². The van der Waals surface area contributed by atoms with Crippen LogP contribution in [-0.4, -0.2) is 45.6 Å². The second-order valence-electron chi connectivity index (χ2n) is 7.54. The number of hydrogen-bond donors (Lipinski definition) is 3. The van der Waals surface area contributed by atoms with Crippen LogP contribution in [0.2, 0.25) is 0 Å². The Morgan fingerprint density at radius 2 is 1.90 bits per heavy atom. The highest BCUT2D eigenvalue weighted by Gasteiger charge is 2.24. The topological polar surface area (TPSA) is 99.9 Å². The number of para-hydroxylation sites is 1. The number of pyridine rings is 1. The number of hydrogen-bond acceptors (Lipinski definition) is 6. The van der Waals surface area contributed by atoms with Crippen LogP contribution >= 0.6 is 0 Å². The molecule has 3 atom stereocenters. The minimum atomic E-state index is -1.52. The van der Waals surface area contributed by atoms with Crippen molar-refractivity contribution in [3.63, 3.8) is 0 Å². The Morgan fingerprint density at radius 1 is 1.13 bits per heavy atom. The molecule has 0 saturated heterocycles. The van der Waals surface area contributed by atoms with Crippen molar-refractivity contribution < 1.29 is 24.9 Å². The Balaban J connectivity index is 2.05. The lowest BCUT2D eigenvalue weighted by Gasteiger charge is -2.15. The zero-order chi connectivity index (χ0) is 21.9. The van der Waals surface area contributed by atoms with Gasteiger partial charge >= 0.3 is 5.97 Å². The molecule has 30 heavy (non-hydrogen) atoms. The molecule has 1 heterocycles. The summed E-state index contributed by atoms with van der Waals surface area (Å²) in [5.41, 5.74) is 2.43. The Labute approximate surface area is 178 Å². The van der Waals surface area contributed by atoms with E-state index in [2.05, 4.69) is 11.7 Å². The zero-order valence-electron chi connectivity index (χ0n) is 17.8. The number of ether oxygens (including phenoxy) is 1. The quantitative estimate of drug-likeness (QED) is 0.359. The van der Waals surface area contributed by atoms with Crippen LogP contribution in [0.4, 0.5) is 0 Å². The first kappa shape index (κ1) is 24.0. The van der Waals surface area contributed by atoms with Gasteiger partial charge in [0.25, 0.3) is 0 Å². The maximum absolute atomic E-state index is 11.3. The number of carbonyl (C=O) groups is 1. The highest BCUT2D eigenvalue weighted by Crippen LogP contribution is 2.26. The van der Waals surface area contributed by atoms with Crippen molar-refractivity contribution in [2.75, 3.05) is 7.11 Å². The van der Waals surface area contributed by atoms with Gasteiger partial charge in [-0.3, -0.25) is 0 Å². The predicted molar refractivity (Wildman–Crippen MR) is 118 cm³/mol. The van der Waals surface area contributed by atoms with Gasteiger partial charge < -0.3 is 20.1 Å². The number of unbranched alkanes of at least 4 members (excludes halogenated alkanes) is 3. The summed E-state index contributed by atoms with van der Waals surface area (Å²) >= 11 is 0. The molecule has 0 spiro atoms. The van der Waals surface area contributed by atoms with Gasteiger partial charge in [-0.05, 0) is 43.4 Å². The van der Waals surface area contributed by atoms with E-state index in [1.165, 1.54) is 7.11 Å². The molecule has 164 valence electrons. The second kappa shape index (κ2) is 12.4. The Hall–Kier alpha value is -2.28. The average molecular weight is 416 g/mol. The number of nitrogens with zero attached hydrogens (tertiary/aromatic N) is 1. The van der Waals surface area contributed by atoms with Gasteiger partial charge in [0, 0.05) is 5.39 Å². The Kier molecular flexibility index (Phi) is 9.94. The first-order chi connectivity index (χ1) is 14.5. The van der Waals surface area contributed by atoms with Crippen molar-refractivity contribution in [3.8, 4) is 0 Å². The number of aliphatic hydroxyl groups excluding tert-OH is 3. The van der Waals surface area contributed by atoms with Crippen molar-refractivity contribution in [2.45, 2.75) is 70.2 Å². The number of rotatable bonds is 12. The molecule has 1 aromatic carbocycles. The molecule has 2 aromatic rings. The van der Waals surface area contributed by atoms with Crippen LogP contribution in [0.3, 0.4) is 0 Å². The first-order valence-corrected chi connectivity index (χ1v) is 10.7. The standard InChI is InChI=1S/C24H33NO5/c1-3-4-6-14-20(26)22-18(16-17-11-9-10-13-19(17)25-22)12-7-5-8-15-21(27)23(28)24(29)30-2/h7,9-13,16,20-21,23,26-28H,3-6,8,14-15H2,1-2H3/t20-,21?,23?/m1/s1. The highest BCUT2D eigenvalue weighted by atomic mass is 16.5. The number of benzene rings is 1. The maximum atomic E-state index is 11.3. The van der Waals surface area contributed by atoms with Crippen LogP contribution in [0.25, 0.3) is 17.0 Å². The molecule has 6 heteroatoms. The van der Waals surface area contributed by atoms with E-state index < -0.39 is 24.3 Å². The molecule has 1 aromatic heterocycles. The minimum absolute atomic E-state index is 0.281. The third kappa shape index (κ3) is 6.90. The second-order valence-corrected chi connectivity index (χ2v) is 7.54. The molecule has 0 aliphatic rings. The average Bonchev–Trinajstić information content (AvgIpc) is 2.77. The molecular weight excluding hydrogens is 382 g/mol. The Morgan fingerprint density at radius 3 is 2.63 bits per heavy atom. The van der Waals surface area contributed by atoms with E-state index in [1.807, 2.05) is 42.5 Å². The predicted octanol–water partition coefficient (Wildman–Crippen LogP) is 3.93. The number of allylic oxidation sites excluding steroid dienone is 1. The van der Waals surface area contributed by atoms with Gasteiger partial charge in [0.2, 0.25) is 0 Å². The van der Waals surface area contributed by atoms with Gasteiger partial charge in [-0.1, -0.05) is 56.5 Å². The van der Waals surface area contributed by atoms with E-state index in [1.54, 1.807) is 0 Å². The molecular formula is C24H33NO5. The van der Waals surface area contributed by atoms with Crippen LogP contribution in [-0.2, 0) is 9.53 Å². The molecule has 0 amide bonds. The SMILES string of the molecule is CCCCC[C@@H](O)c1nc2ccccc2cc1C=CCCCC(O)C(O)C(=O)OC. The molecule has 0 radical (unpaired) electrons. The number of aromatic nitrogens is 1. The smallest absolute Gasteiger partial charge is 0.337 e. The molecule has 0 fully saturated rings. The Bertz CT molecular complexity index is 835. The summed E-state index contributed by atoms with van der Waals surface area (Å²) in [6.07, 6.45) is 5.97. The summed E-state index contributed by atoms with van der Waals surface area (Å²) in [7, 11) is 1.17. The first-order valence-electron chi connectivity index (χ1n) is 10.7. The van der Waals surface area contributed by atoms with Crippen LogP contribution in [0.15, 0.2) is 36.4 Å². The van der Waals surface area contributed by atoms with E-state index in [9.17, 15) is 20.1 Å². The lowest BCUT2D eigenvalue weighted by atomic mass is 10.0. The van der Waals surface area contributed by atoms with Crippen molar-refractivity contribution >= 4 is 22.9 Å².